The van der Waals surface area contributed by atoms with Crippen molar-refractivity contribution in [2.45, 2.75) is 78.9 Å². The van der Waals surface area contributed by atoms with E-state index < -0.39 is 11.6 Å². The number of ether oxygens (including phenoxy) is 3. The fraction of sp³-hybridized carbons (Fsp3) is 0.517. The van der Waals surface area contributed by atoms with Crippen molar-refractivity contribution in [3.8, 4) is 17.2 Å². The number of aryl methyl sites for hydroxylation is 1. The van der Waals surface area contributed by atoms with Crippen molar-refractivity contribution in [2.24, 2.45) is 0 Å². The van der Waals surface area contributed by atoms with Crippen LogP contribution in [0.25, 0.3) is 0 Å². The van der Waals surface area contributed by atoms with Crippen LogP contribution in [0, 0.1) is 0 Å². The second-order valence-electron chi connectivity index (χ2n) is 9.68. The minimum absolute atomic E-state index is 0.0828. The molecule has 1 atom stereocenters. The molecule has 0 heterocycles. The van der Waals surface area contributed by atoms with Gasteiger partial charge in [0.2, 0.25) is 11.8 Å². The van der Waals surface area contributed by atoms with E-state index in [-0.39, 0.29) is 18.2 Å². The molecule has 0 aliphatic carbocycles. The number of nitrogens with zero attached hydrogens (tertiary/aromatic N) is 1. The van der Waals surface area contributed by atoms with Crippen molar-refractivity contribution in [1.82, 2.24) is 10.2 Å². The first-order chi connectivity index (χ1) is 17.1. The number of hydrogen-bond acceptors (Lipinski definition) is 5. The molecule has 0 fully saturated rings. The zero-order valence-corrected chi connectivity index (χ0v) is 22.8. The minimum Gasteiger partial charge on any atom is -0.497 e. The number of rotatable bonds is 13. The molecule has 7 nitrogen and oxygen atoms in total. The Labute approximate surface area is 216 Å². The Bertz CT molecular complexity index is 999. The Morgan fingerprint density at radius 3 is 2.25 bits per heavy atom. The zero-order valence-electron chi connectivity index (χ0n) is 22.8. The highest BCUT2D eigenvalue weighted by Crippen LogP contribution is 2.29. The summed E-state index contributed by atoms with van der Waals surface area (Å²) in [5.74, 6) is 1.85. The molecule has 1 N–H and O–H groups in total. The number of amides is 2. The van der Waals surface area contributed by atoms with Gasteiger partial charge in [0.05, 0.1) is 20.3 Å². The van der Waals surface area contributed by atoms with E-state index >= 15 is 0 Å². The van der Waals surface area contributed by atoms with Crippen LogP contribution in [-0.2, 0) is 22.6 Å². The summed E-state index contributed by atoms with van der Waals surface area (Å²) >= 11 is 0. The van der Waals surface area contributed by atoms with E-state index in [1.54, 1.807) is 12.0 Å². The van der Waals surface area contributed by atoms with Gasteiger partial charge < -0.3 is 24.4 Å². The summed E-state index contributed by atoms with van der Waals surface area (Å²) in [6.07, 6.45) is 1.30. The van der Waals surface area contributed by atoms with Crippen LogP contribution in [0.15, 0.2) is 42.5 Å². The van der Waals surface area contributed by atoms with Crippen molar-refractivity contribution >= 4 is 11.8 Å². The van der Waals surface area contributed by atoms with Gasteiger partial charge in [-0.25, -0.2) is 0 Å². The van der Waals surface area contributed by atoms with Gasteiger partial charge in [-0.2, -0.15) is 0 Å². The summed E-state index contributed by atoms with van der Waals surface area (Å²) in [7, 11) is 1.61. The van der Waals surface area contributed by atoms with E-state index in [4.69, 9.17) is 14.2 Å². The summed E-state index contributed by atoms with van der Waals surface area (Å²) in [6.45, 7) is 13.0. The van der Waals surface area contributed by atoms with E-state index in [1.165, 1.54) is 0 Å². The Hall–Kier alpha value is -3.22. The summed E-state index contributed by atoms with van der Waals surface area (Å²) in [4.78, 5) is 28.5. The van der Waals surface area contributed by atoms with E-state index in [2.05, 4.69) is 5.32 Å². The monoisotopic (exact) mass is 498 g/mol. The van der Waals surface area contributed by atoms with Gasteiger partial charge >= 0.3 is 0 Å². The second kappa shape index (κ2) is 13.8. The number of nitrogens with one attached hydrogen (secondary N) is 1. The molecule has 2 aromatic carbocycles. The molecule has 0 aliphatic heterocycles. The number of carbonyl (C=O) groups excluding carboxylic acids is 2. The molecule has 0 bridgehead atoms. The zero-order chi connectivity index (χ0) is 26.7. The molecule has 36 heavy (non-hydrogen) atoms. The lowest BCUT2D eigenvalue weighted by atomic mass is 10.0. The van der Waals surface area contributed by atoms with Gasteiger partial charge in [0.25, 0.3) is 0 Å². The highest BCUT2D eigenvalue weighted by Gasteiger charge is 2.30. The lowest BCUT2D eigenvalue weighted by Crippen LogP contribution is -2.53. The molecule has 198 valence electrons. The number of methoxy groups -OCH3 is 1. The largest absolute Gasteiger partial charge is 0.497 e. The summed E-state index contributed by atoms with van der Waals surface area (Å²) < 4.78 is 16.7. The molecular formula is C29H42N2O5. The predicted molar refractivity (Wildman–Crippen MR) is 143 cm³/mol. The maximum atomic E-state index is 13.6. The molecule has 0 aromatic heterocycles. The summed E-state index contributed by atoms with van der Waals surface area (Å²) in [6, 6.07) is 12.8. The van der Waals surface area contributed by atoms with E-state index in [0.29, 0.717) is 49.8 Å². The van der Waals surface area contributed by atoms with Gasteiger partial charge in [-0.3, -0.25) is 9.59 Å². The van der Waals surface area contributed by atoms with Gasteiger partial charge in [-0.15, -0.1) is 0 Å². The third-order valence-electron chi connectivity index (χ3n) is 5.61. The maximum absolute atomic E-state index is 13.6. The van der Waals surface area contributed by atoms with Gasteiger partial charge in [-0.05, 0) is 82.9 Å². The van der Waals surface area contributed by atoms with Crippen LogP contribution in [0.1, 0.15) is 65.5 Å². The quantitative estimate of drug-likeness (QED) is 0.413. The Balaban J connectivity index is 2.27. The first kappa shape index (κ1) is 29.0. The normalized spacial score (nSPS) is 12.0. The van der Waals surface area contributed by atoms with Crippen molar-refractivity contribution in [3.05, 3.63) is 53.6 Å². The van der Waals surface area contributed by atoms with Crippen molar-refractivity contribution < 1.29 is 23.8 Å². The molecule has 2 aromatic rings. The maximum Gasteiger partial charge on any atom is 0.243 e. The first-order valence-electron chi connectivity index (χ1n) is 12.7. The summed E-state index contributed by atoms with van der Waals surface area (Å²) in [5.41, 5.74) is 1.49. The number of hydrogen-bond donors (Lipinski definition) is 1. The first-order valence-corrected chi connectivity index (χ1v) is 12.7. The van der Waals surface area contributed by atoms with Gasteiger partial charge in [0, 0.05) is 18.5 Å². The lowest BCUT2D eigenvalue weighted by Gasteiger charge is -2.33. The Kier molecular flexibility index (Phi) is 11.1. The fourth-order valence-electron chi connectivity index (χ4n) is 3.99. The van der Waals surface area contributed by atoms with Gasteiger partial charge in [0.15, 0.2) is 11.5 Å². The molecule has 0 aliphatic rings. The smallest absolute Gasteiger partial charge is 0.243 e. The third-order valence-corrected chi connectivity index (χ3v) is 5.61. The molecule has 0 radical (unpaired) electrons. The Morgan fingerprint density at radius 1 is 0.944 bits per heavy atom. The molecule has 7 heteroatoms. The predicted octanol–water partition coefficient (Wildman–Crippen LogP) is 5.15. The van der Waals surface area contributed by atoms with Crippen LogP contribution in [0.5, 0.6) is 17.2 Å². The second-order valence-corrected chi connectivity index (χ2v) is 9.68. The number of benzene rings is 2. The molecule has 0 saturated heterocycles. The summed E-state index contributed by atoms with van der Waals surface area (Å²) in [5, 5.41) is 3.04. The topological polar surface area (TPSA) is 77.1 Å². The van der Waals surface area contributed by atoms with Crippen LogP contribution >= 0.6 is 0 Å². The van der Waals surface area contributed by atoms with Crippen LogP contribution in [0.4, 0.5) is 0 Å². The average molecular weight is 499 g/mol. The van der Waals surface area contributed by atoms with Crippen molar-refractivity contribution in [1.29, 1.82) is 0 Å². The van der Waals surface area contributed by atoms with E-state index in [1.807, 2.05) is 84.0 Å². The average Bonchev–Trinajstić information content (AvgIpc) is 2.83. The van der Waals surface area contributed by atoms with E-state index in [0.717, 1.165) is 11.1 Å². The molecule has 0 unspecified atom stereocenters. The van der Waals surface area contributed by atoms with Crippen LogP contribution in [0.3, 0.4) is 0 Å². The highest BCUT2D eigenvalue weighted by molar-refractivity contribution is 5.88. The highest BCUT2D eigenvalue weighted by atomic mass is 16.5. The molecule has 0 saturated carbocycles. The minimum atomic E-state index is -0.581. The van der Waals surface area contributed by atoms with Crippen molar-refractivity contribution in [2.75, 3.05) is 20.3 Å². The van der Waals surface area contributed by atoms with Crippen molar-refractivity contribution in [3.63, 3.8) is 0 Å². The molecule has 2 rings (SSSR count). The molecule has 2 amide bonds. The van der Waals surface area contributed by atoms with Crippen LogP contribution in [0.2, 0.25) is 0 Å². The Morgan fingerprint density at radius 2 is 1.64 bits per heavy atom. The fourth-order valence-corrected chi connectivity index (χ4v) is 3.99. The van der Waals surface area contributed by atoms with Crippen LogP contribution < -0.4 is 19.5 Å². The van der Waals surface area contributed by atoms with E-state index in [9.17, 15) is 9.59 Å². The molecule has 0 spiro atoms. The third kappa shape index (κ3) is 8.77. The standard InChI is InChI=1S/C29H42N2O5/c1-8-24(28(33)30-29(4,5)6)31(20-22-12-11-13-23(18-22)34-7)27(32)17-15-21-14-16-25(35-9-2)26(19-21)36-10-3/h11-14,16,18-19,24H,8-10,15,17,20H2,1-7H3,(H,30,33)/t24-/m1/s1. The van der Waals surface area contributed by atoms with Crippen LogP contribution in [-0.4, -0.2) is 48.6 Å². The molecular weight excluding hydrogens is 456 g/mol. The van der Waals surface area contributed by atoms with Gasteiger partial charge in [-0.1, -0.05) is 25.1 Å². The van der Waals surface area contributed by atoms with Gasteiger partial charge in [0.1, 0.15) is 11.8 Å². The number of carbonyl (C=O) groups is 2. The SMILES string of the molecule is CCOc1ccc(CCC(=O)N(Cc2cccc(OC)c2)[C@H](CC)C(=O)NC(C)(C)C)cc1OCC. The lowest BCUT2D eigenvalue weighted by molar-refractivity contribution is -0.142.